The number of methoxy groups -OCH3 is 2. The van der Waals surface area contributed by atoms with E-state index in [1.54, 1.807) is 14.2 Å². The summed E-state index contributed by atoms with van der Waals surface area (Å²) >= 11 is 0. The Labute approximate surface area is 178 Å². The van der Waals surface area contributed by atoms with Crippen LogP contribution in [0.3, 0.4) is 0 Å². The maximum atomic E-state index is 6.69. The molecule has 1 N–H and O–H groups in total. The van der Waals surface area contributed by atoms with Crippen LogP contribution in [0.2, 0.25) is 0 Å². The zero-order chi connectivity index (χ0) is 20.7. The number of hydrogen-bond acceptors (Lipinski definition) is 6. The molecule has 6 heteroatoms. The number of likely N-dealkylation sites (tertiary alicyclic amines) is 1. The van der Waals surface area contributed by atoms with Crippen LogP contribution in [0, 0.1) is 0 Å². The monoisotopic (exact) mass is 407 g/mol. The molecule has 1 atom stereocenters. The maximum Gasteiger partial charge on any atom is 0.182 e. The average Bonchev–Trinajstić information content (AvgIpc) is 3.26. The molecule has 0 unspecified atom stereocenters. The van der Waals surface area contributed by atoms with E-state index in [-0.39, 0.29) is 11.8 Å². The van der Waals surface area contributed by atoms with Gasteiger partial charge in [-0.25, -0.2) is 0 Å². The van der Waals surface area contributed by atoms with Gasteiger partial charge in [0, 0.05) is 37.1 Å². The Bertz CT molecular complexity index is 966. The van der Waals surface area contributed by atoms with Gasteiger partial charge >= 0.3 is 0 Å². The minimum absolute atomic E-state index is 0.131. The van der Waals surface area contributed by atoms with Crippen molar-refractivity contribution in [2.75, 3.05) is 33.9 Å². The Balaban J connectivity index is 1.52. The van der Waals surface area contributed by atoms with Gasteiger partial charge in [-0.2, -0.15) is 5.01 Å². The molecule has 3 aliphatic heterocycles. The van der Waals surface area contributed by atoms with Gasteiger partial charge in [-0.1, -0.05) is 25.1 Å². The summed E-state index contributed by atoms with van der Waals surface area (Å²) in [5.74, 6) is 2.45. The number of nitrogens with one attached hydrogen (secondary N) is 1. The molecule has 0 aromatic heterocycles. The second kappa shape index (κ2) is 7.52. The van der Waals surface area contributed by atoms with Crippen molar-refractivity contribution in [3.63, 3.8) is 0 Å². The van der Waals surface area contributed by atoms with E-state index in [0.717, 1.165) is 61.0 Å². The van der Waals surface area contributed by atoms with Gasteiger partial charge in [-0.15, -0.1) is 0 Å². The number of ether oxygens (including phenoxy) is 3. The highest BCUT2D eigenvalue weighted by molar-refractivity contribution is 5.70. The van der Waals surface area contributed by atoms with E-state index < -0.39 is 0 Å². The van der Waals surface area contributed by atoms with E-state index >= 15 is 0 Å². The van der Waals surface area contributed by atoms with Crippen molar-refractivity contribution in [3.8, 4) is 17.2 Å². The highest BCUT2D eigenvalue weighted by Crippen LogP contribution is 2.48. The van der Waals surface area contributed by atoms with Crippen molar-refractivity contribution in [1.82, 2.24) is 15.3 Å². The molecule has 3 heterocycles. The Morgan fingerprint density at radius 1 is 1.07 bits per heavy atom. The van der Waals surface area contributed by atoms with Gasteiger partial charge in [0.1, 0.15) is 5.75 Å². The molecule has 0 bridgehead atoms. The van der Waals surface area contributed by atoms with Crippen LogP contribution in [-0.2, 0) is 0 Å². The highest BCUT2D eigenvalue weighted by Gasteiger charge is 2.51. The fourth-order valence-electron chi connectivity index (χ4n) is 4.85. The Morgan fingerprint density at radius 3 is 2.57 bits per heavy atom. The molecule has 1 saturated heterocycles. The summed E-state index contributed by atoms with van der Waals surface area (Å²) in [4.78, 5) is 2.49. The highest BCUT2D eigenvalue weighted by atomic mass is 16.5. The molecule has 3 aliphatic rings. The summed E-state index contributed by atoms with van der Waals surface area (Å²) in [6.45, 7) is 5.38. The molecule has 0 saturated carbocycles. The normalized spacial score (nSPS) is 22.5. The molecule has 1 fully saturated rings. The summed E-state index contributed by atoms with van der Waals surface area (Å²) < 4.78 is 17.6. The SMILES string of the molecule is CCN1CCC2(CC1)Oc1ccccc1[C@@H]1C=C(c3ccc(OC)c(OC)c3)NN12. The molecule has 6 nitrogen and oxygen atoms in total. The van der Waals surface area contributed by atoms with Crippen molar-refractivity contribution in [1.29, 1.82) is 0 Å². The number of piperidine rings is 1. The van der Waals surface area contributed by atoms with E-state index in [0.29, 0.717) is 0 Å². The maximum absolute atomic E-state index is 6.69. The topological polar surface area (TPSA) is 46.2 Å². The van der Waals surface area contributed by atoms with Crippen molar-refractivity contribution in [2.24, 2.45) is 0 Å². The van der Waals surface area contributed by atoms with Crippen molar-refractivity contribution < 1.29 is 14.2 Å². The number of para-hydroxylation sites is 1. The fourth-order valence-corrected chi connectivity index (χ4v) is 4.85. The first-order chi connectivity index (χ1) is 14.7. The molecular formula is C24H29N3O3. The zero-order valence-corrected chi connectivity index (χ0v) is 17.9. The van der Waals surface area contributed by atoms with Crippen LogP contribution in [0.15, 0.2) is 48.5 Å². The van der Waals surface area contributed by atoms with Gasteiger partial charge in [-0.3, -0.25) is 0 Å². The minimum atomic E-state index is -0.348. The molecule has 2 aromatic carbocycles. The summed E-state index contributed by atoms with van der Waals surface area (Å²) in [6, 6.07) is 14.6. The summed E-state index contributed by atoms with van der Waals surface area (Å²) in [5.41, 5.74) is 6.68. The molecular weight excluding hydrogens is 378 g/mol. The summed E-state index contributed by atoms with van der Waals surface area (Å²) in [6.07, 6.45) is 4.23. The van der Waals surface area contributed by atoms with Crippen LogP contribution < -0.4 is 19.6 Å². The molecule has 0 amide bonds. The molecule has 1 spiro atoms. The summed E-state index contributed by atoms with van der Waals surface area (Å²) in [5, 5.41) is 2.33. The first-order valence-electron chi connectivity index (χ1n) is 10.7. The lowest BCUT2D eigenvalue weighted by atomic mass is 9.93. The van der Waals surface area contributed by atoms with E-state index in [1.807, 2.05) is 12.1 Å². The Hall–Kier alpha value is -2.70. The lowest BCUT2D eigenvalue weighted by molar-refractivity contribution is -0.159. The van der Waals surface area contributed by atoms with Gasteiger partial charge in [0.25, 0.3) is 0 Å². The molecule has 158 valence electrons. The van der Waals surface area contributed by atoms with Crippen LogP contribution in [0.4, 0.5) is 0 Å². The van der Waals surface area contributed by atoms with Gasteiger partial charge in [0.2, 0.25) is 0 Å². The predicted octanol–water partition coefficient (Wildman–Crippen LogP) is 3.81. The third kappa shape index (κ3) is 3.02. The fraction of sp³-hybridized carbons (Fsp3) is 0.417. The lowest BCUT2D eigenvalue weighted by Crippen LogP contribution is -2.63. The number of nitrogens with zero attached hydrogens (tertiary/aromatic N) is 2. The molecule has 0 radical (unpaired) electrons. The molecule has 30 heavy (non-hydrogen) atoms. The molecule has 0 aliphatic carbocycles. The Morgan fingerprint density at radius 2 is 1.83 bits per heavy atom. The van der Waals surface area contributed by atoms with Crippen molar-refractivity contribution in [3.05, 3.63) is 59.7 Å². The zero-order valence-electron chi connectivity index (χ0n) is 17.9. The van der Waals surface area contributed by atoms with Crippen LogP contribution in [0.1, 0.15) is 36.9 Å². The third-order valence-corrected chi connectivity index (χ3v) is 6.60. The van der Waals surface area contributed by atoms with E-state index in [4.69, 9.17) is 14.2 Å². The van der Waals surface area contributed by atoms with Crippen LogP contribution in [0.25, 0.3) is 5.70 Å². The number of benzene rings is 2. The van der Waals surface area contributed by atoms with Gasteiger partial charge in [0.05, 0.1) is 26.0 Å². The summed E-state index contributed by atoms with van der Waals surface area (Å²) in [7, 11) is 3.33. The third-order valence-electron chi connectivity index (χ3n) is 6.60. The number of hydrogen-bond donors (Lipinski definition) is 1. The largest absolute Gasteiger partial charge is 0.493 e. The van der Waals surface area contributed by atoms with Crippen LogP contribution in [-0.4, -0.2) is 49.5 Å². The van der Waals surface area contributed by atoms with E-state index in [9.17, 15) is 0 Å². The van der Waals surface area contributed by atoms with Crippen LogP contribution in [0.5, 0.6) is 17.2 Å². The van der Waals surface area contributed by atoms with Crippen molar-refractivity contribution in [2.45, 2.75) is 31.5 Å². The second-order valence-electron chi connectivity index (χ2n) is 8.10. The van der Waals surface area contributed by atoms with Gasteiger partial charge in [-0.05, 0) is 36.9 Å². The number of rotatable bonds is 4. The first kappa shape index (κ1) is 19.3. The number of hydrazine groups is 1. The molecule has 2 aromatic rings. The Kier molecular flexibility index (Phi) is 4.83. The van der Waals surface area contributed by atoms with Crippen molar-refractivity contribution >= 4 is 5.70 Å². The van der Waals surface area contributed by atoms with Crippen LogP contribution >= 0.6 is 0 Å². The lowest BCUT2D eigenvalue weighted by Gasteiger charge is -2.51. The van der Waals surface area contributed by atoms with E-state index in [1.165, 1.54) is 5.56 Å². The standard InChI is InChI=1S/C24H29N3O3/c1-4-26-13-11-24(12-14-26)27-20(18-7-5-6-8-21(18)30-24)16-19(25-27)17-9-10-22(28-2)23(15-17)29-3/h5-10,15-16,20,25H,4,11-14H2,1-3H3/t20-/m0/s1. The van der Waals surface area contributed by atoms with Gasteiger partial charge < -0.3 is 24.5 Å². The predicted molar refractivity (Wildman–Crippen MR) is 116 cm³/mol. The quantitative estimate of drug-likeness (QED) is 0.832. The first-order valence-corrected chi connectivity index (χ1v) is 10.7. The van der Waals surface area contributed by atoms with Gasteiger partial charge in [0.15, 0.2) is 17.2 Å². The smallest absolute Gasteiger partial charge is 0.182 e. The van der Waals surface area contributed by atoms with E-state index in [2.05, 4.69) is 58.7 Å². The number of fused-ring (bicyclic) bond motifs is 4. The minimum Gasteiger partial charge on any atom is -0.493 e. The average molecular weight is 408 g/mol. The molecule has 5 rings (SSSR count). The second-order valence-corrected chi connectivity index (χ2v) is 8.10.